The zero-order chi connectivity index (χ0) is 28.2. The molecule has 0 spiro atoms. The molecule has 0 aliphatic carbocycles. The van der Waals surface area contributed by atoms with Crippen LogP contribution in [0.2, 0.25) is 0 Å². The van der Waals surface area contributed by atoms with Gasteiger partial charge in [0.2, 0.25) is 17.6 Å². The number of ether oxygens (including phenoxy) is 1. The number of urea groups is 1. The highest BCUT2D eigenvalue weighted by Gasteiger charge is 2.40. The first-order valence-electron chi connectivity index (χ1n) is 11.8. The van der Waals surface area contributed by atoms with Crippen LogP contribution in [0.1, 0.15) is 47.6 Å². The van der Waals surface area contributed by atoms with Gasteiger partial charge < -0.3 is 20.3 Å². The number of amides is 5. The Bertz CT molecular complexity index is 1570. The predicted molar refractivity (Wildman–Crippen MR) is 134 cm³/mol. The Hall–Kier alpha value is -4.20. The maximum absolute atomic E-state index is 15.4. The first-order chi connectivity index (χ1) is 18.4. The molecule has 1 fully saturated rings. The number of hydrogen-bond acceptors (Lipinski definition) is 7. The van der Waals surface area contributed by atoms with Crippen LogP contribution in [0, 0.1) is 17.5 Å². The van der Waals surface area contributed by atoms with Crippen molar-refractivity contribution >= 4 is 51.0 Å². The van der Waals surface area contributed by atoms with Crippen molar-refractivity contribution in [1.29, 1.82) is 0 Å². The first-order valence-corrected chi connectivity index (χ1v) is 12.6. The number of fused-ring (bicyclic) bond motifs is 2. The summed E-state index contributed by atoms with van der Waals surface area (Å²) >= 11 is 1.03. The Kier molecular flexibility index (Phi) is 6.45. The summed E-state index contributed by atoms with van der Waals surface area (Å²) in [6.07, 6.45) is 0.190. The van der Waals surface area contributed by atoms with Gasteiger partial charge in [-0.15, -0.1) is 11.3 Å². The number of nitrogens with one attached hydrogen (secondary N) is 3. The molecule has 3 aromatic rings. The summed E-state index contributed by atoms with van der Waals surface area (Å²) in [7, 11) is 1.21. The van der Waals surface area contributed by atoms with E-state index in [1.165, 1.54) is 30.2 Å². The van der Waals surface area contributed by atoms with Gasteiger partial charge >= 0.3 is 6.03 Å². The molecule has 1 unspecified atom stereocenters. The average Bonchev–Trinajstić information content (AvgIpc) is 3.45. The van der Waals surface area contributed by atoms with Crippen molar-refractivity contribution in [3.63, 3.8) is 0 Å². The maximum Gasteiger partial charge on any atom is 0.320 e. The van der Waals surface area contributed by atoms with Crippen LogP contribution >= 0.6 is 11.3 Å². The Morgan fingerprint density at radius 1 is 1.18 bits per heavy atom. The summed E-state index contributed by atoms with van der Waals surface area (Å²) in [6, 6.07) is 2.17. The van der Waals surface area contributed by atoms with Gasteiger partial charge in [0.1, 0.15) is 16.6 Å². The van der Waals surface area contributed by atoms with Crippen molar-refractivity contribution in [2.24, 2.45) is 0 Å². The third-order valence-corrected chi connectivity index (χ3v) is 7.94. The number of hydrogen-bond donors (Lipinski definition) is 3. The zero-order valence-electron chi connectivity index (χ0n) is 20.9. The van der Waals surface area contributed by atoms with Crippen LogP contribution in [-0.2, 0) is 21.7 Å². The molecule has 5 rings (SSSR count). The van der Waals surface area contributed by atoms with Gasteiger partial charge in [-0.05, 0) is 32.4 Å². The number of carbonyl (C=O) groups excluding carboxylic acids is 4. The Labute approximate surface area is 223 Å². The first kappa shape index (κ1) is 26.4. The lowest BCUT2D eigenvalue weighted by Crippen LogP contribution is -2.52. The topological polar surface area (TPSA) is 130 Å². The lowest BCUT2D eigenvalue weighted by molar-refractivity contribution is -0.136. The highest BCUT2D eigenvalue weighted by Crippen LogP contribution is 2.36. The minimum Gasteiger partial charge on any atom is -0.494 e. The third kappa shape index (κ3) is 4.54. The Balaban J connectivity index is 1.33. The molecule has 1 atom stereocenters. The second kappa shape index (κ2) is 9.52. The number of rotatable bonds is 5. The van der Waals surface area contributed by atoms with E-state index in [0.29, 0.717) is 4.70 Å². The third-order valence-electron chi connectivity index (χ3n) is 6.61. The van der Waals surface area contributed by atoms with Crippen molar-refractivity contribution in [2.45, 2.75) is 44.8 Å². The van der Waals surface area contributed by atoms with Gasteiger partial charge in [0.05, 0.1) is 29.6 Å². The summed E-state index contributed by atoms with van der Waals surface area (Å²) in [5.74, 6) is -5.07. The minimum absolute atomic E-state index is 0.0133. The second-order valence-corrected chi connectivity index (χ2v) is 10.7. The van der Waals surface area contributed by atoms with Gasteiger partial charge in [0, 0.05) is 23.6 Å². The summed E-state index contributed by atoms with van der Waals surface area (Å²) in [5.41, 5.74) is -1.52. The van der Waals surface area contributed by atoms with Crippen molar-refractivity contribution in [1.82, 2.24) is 20.5 Å². The van der Waals surface area contributed by atoms with E-state index in [0.717, 1.165) is 11.3 Å². The predicted octanol–water partition coefficient (Wildman–Crippen LogP) is 3.54. The van der Waals surface area contributed by atoms with Crippen LogP contribution in [0.5, 0.6) is 5.75 Å². The molecule has 3 N–H and O–H groups in total. The molecule has 2 aromatic carbocycles. The zero-order valence-corrected chi connectivity index (χ0v) is 21.7. The van der Waals surface area contributed by atoms with Crippen LogP contribution in [0.25, 0.3) is 10.2 Å². The van der Waals surface area contributed by atoms with Gasteiger partial charge in [-0.2, -0.15) is 4.39 Å². The number of thiazole rings is 1. The highest BCUT2D eigenvalue weighted by atomic mass is 32.1. The van der Waals surface area contributed by atoms with E-state index < -0.39 is 52.8 Å². The van der Waals surface area contributed by atoms with Gasteiger partial charge in [0.25, 0.3) is 5.91 Å². The van der Waals surface area contributed by atoms with Crippen molar-refractivity contribution < 1.29 is 37.1 Å². The normalized spacial score (nSPS) is 17.3. The number of methoxy groups -OCH3 is 1. The van der Waals surface area contributed by atoms with E-state index >= 15 is 4.39 Å². The average molecular weight is 562 g/mol. The molecule has 3 heterocycles. The number of benzene rings is 2. The molecule has 39 heavy (non-hydrogen) atoms. The molecule has 204 valence electrons. The van der Waals surface area contributed by atoms with Gasteiger partial charge in [-0.1, -0.05) is 0 Å². The monoisotopic (exact) mass is 561 g/mol. The molecule has 0 saturated carbocycles. The fourth-order valence-corrected chi connectivity index (χ4v) is 5.64. The number of imide groups is 1. The molecule has 0 bridgehead atoms. The molecule has 14 heteroatoms. The lowest BCUT2D eigenvalue weighted by Gasteiger charge is -2.29. The van der Waals surface area contributed by atoms with Crippen LogP contribution < -0.4 is 20.7 Å². The van der Waals surface area contributed by atoms with E-state index in [-0.39, 0.29) is 52.5 Å². The summed E-state index contributed by atoms with van der Waals surface area (Å²) in [6.45, 7) is 2.98. The number of nitrogens with zero attached hydrogens (tertiary/aromatic N) is 2. The molecular formula is C25H22F3N5O5S. The van der Waals surface area contributed by atoms with Crippen molar-refractivity contribution in [2.75, 3.05) is 12.4 Å². The fraction of sp³-hybridized carbons (Fsp3) is 0.320. The van der Waals surface area contributed by atoms with Crippen molar-refractivity contribution in [3.8, 4) is 5.75 Å². The van der Waals surface area contributed by atoms with Crippen LogP contribution in [0.4, 0.5) is 23.7 Å². The Morgan fingerprint density at radius 2 is 1.92 bits per heavy atom. The summed E-state index contributed by atoms with van der Waals surface area (Å²) in [4.78, 5) is 54.7. The maximum atomic E-state index is 15.4. The molecule has 1 saturated heterocycles. The number of piperidine rings is 1. The standard InChI is InChI=1S/C25H22F3N5O5S/c1-25(2,23-31-20-15(39-23)8-14(38-3)18(27)19(20)28)32-24(37)29-12-5-4-10-11(17(12)26)9-33(22(10)36)13-6-7-16(34)30-21(13)35/h4-5,8,13H,6-7,9H2,1-3H3,(H2,29,32,37)(H,30,34,35). The quantitative estimate of drug-likeness (QED) is 0.409. The van der Waals surface area contributed by atoms with Gasteiger partial charge in [-0.3, -0.25) is 19.7 Å². The molecule has 10 nitrogen and oxygen atoms in total. The van der Waals surface area contributed by atoms with E-state index in [2.05, 4.69) is 20.9 Å². The fourth-order valence-electron chi connectivity index (χ4n) is 4.59. The van der Waals surface area contributed by atoms with Crippen LogP contribution in [-0.4, -0.2) is 46.8 Å². The number of anilines is 1. The molecular weight excluding hydrogens is 539 g/mol. The smallest absolute Gasteiger partial charge is 0.320 e. The van der Waals surface area contributed by atoms with E-state index in [1.54, 1.807) is 13.8 Å². The van der Waals surface area contributed by atoms with Crippen LogP contribution in [0.15, 0.2) is 18.2 Å². The highest BCUT2D eigenvalue weighted by molar-refractivity contribution is 7.18. The van der Waals surface area contributed by atoms with Gasteiger partial charge in [0.15, 0.2) is 17.4 Å². The van der Waals surface area contributed by atoms with E-state index in [1.807, 2.05) is 0 Å². The van der Waals surface area contributed by atoms with Crippen LogP contribution in [0.3, 0.4) is 0 Å². The van der Waals surface area contributed by atoms with Crippen molar-refractivity contribution in [3.05, 3.63) is 51.8 Å². The number of carbonyl (C=O) groups is 4. The molecule has 5 amide bonds. The SMILES string of the molecule is COc1cc2sc(C(C)(C)NC(=O)Nc3ccc4c(c3F)CN(C3CCC(=O)NC3=O)C4=O)nc2c(F)c1F. The number of aromatic nitrogens is 1. The Morgan fingerprint density at radius 3 is 2.62 bits per heavy atom. The minimum atomic E-state index is -1.17. The molecule has 1 aromatic heterocycles. The molecule has 2 aliphatic rings. The lowest BCUT2D eigenvalue weighted by atomic mass is 10.0. The van der Waals surface area contributed by atoms with E-state index in [4.69, 9.17) is 4.74 Å². The second-order valence-electron chi connectivity index (χ2n) is 9.63. The molecule has 2 aliphatic heterocycles. The largest absolute Gasteiger partial charge is 0.494 e. The van der Waals surface area contributed by atoms with E-state index in [9.17, 15) is 28.0 Å². The van der Waals surface area contributed by atoms with Gasteiger partial charge in [-0.25, -0.2) is 18.6 Å². The summed E-state index contributed by atoms with van der Waals surface area (Å²) < 4.78 is 49.1. The number of halogens is 3. The summed E-state index contributed by atoms with van der Waals surface area (Å²) in [5, 5.41) is 7.49. The molecule has 0 radical (unpaired) electrons.